The van der Waals surface area contributed by atoms with Crippen LogP contribution in [0.1, 0.15) is 45.2 Å². The Balaban J connectivity index is 2.06. The Morgan fingerprint density at radius 3 is 2.67 bits per heavy atom. The number of halogens is 1. The highest BCUT2D eigenvalue weighted by atomic mass is 35.5. The van der Waals surface area contributed by atoms with Gasteiger partial charge in [-0.05, 0) is 39.7 Å². The van der Waals surface area contributed by atoms with Crippen LogP contribution >= 0.6 is 11.6 Å². The molecule has 1 aromatic rings. The Morgan fingerprint density at radius 1 is 1.44 bits per heavy atom. The van der Waals surface area contributed by atoms with Crippen molar-refractivity contribution in [3.8, 4) is 0 Å². The Morgan fingerprint density at radius 2 is 2.11 bits per heavy atom. The number of hydrogen-bond acceptors (Lipinski definition) is 4. The van der Waals surface area contributed by atoms with Crippen molar-refractivity contribution in [3.05, 3.63) is 16.9 Å². The molecule has 0 radical (unpaired) electrons. The molecule has 98 valence electrons. The number of rotatable bonds is 2. The van der Waals surface area contributed by atoms with Crippen LogP contribution in [0.25, 0.3) is 0 Å². The zero-order valence-electron chi connectivity index (χ0n) is 10.7. The van der Waals surface area contributed by atoms with Crippen molar-refractivity contribution in [2.45, 2.75) is 45.1 Å². The molecule has 1 amide bonds. The number of ether oxygens (including phenoxy) is 1. The van der Waals surface area contributed by atoms with Gasteiger partial charge in [-0.15, -0.1) is 0 Å². The van der Waals surface area contributed by atoms with Crippen LogP contribution in [0.5, 0.6) is 0 Å². The van der Waals surface area contributed by atoms with Gasteiger partial charge in [-0.25, -0.2) is 14.8 Å². The van der Waals surface area contributed by atoms with Crippen molar-refractivity contribution >= 4 is 23.6 Å². The van der Waals surface area contributed by atoms with E-state index in [1.807, 2.05) is 0 Å². The Hall–Kier alpha value is -1.36. The van der Waals surface area contributed by atoms with E-state index in [0.29, 0.717) is 11.1 Å². The summed E-state index contributed by atoms with van der Waals surface area (Å²) in [5, 5.41) is 2.83. The van der Waals surface area contributed by atoms with Crippen LogP contribution in [0.3, 0.4) is 0 Å². The van der Waals surface area contributed by atoms with Crippen LogP contribution in [0, 0.1) is 0 Å². The van der Waals surface area contributed by atoms with Crippen LogP contribution < -0.4 is 5.32 Å². The number of anilines is 1. The van der Waals surface area contributed by atoms with Gasteiger partial charge in [-0.2, -0.15) is 0 Å². The van der Waals surface area contributed by atoms with Gasteiger partial charge in [0, 0.05) is 5.92 Å². The molecule has 1 heterocycles. The van der Waals surface area contributed by atoms with Gasteiger partial charge in [0.1, 0.15) is 10.8 Å². The van der Waals surface area contributed by atoms with Gasteiger partial charge in [-0.3, -0.25) is 5.32 Å². The van der Waals surface area contributed by atoms with E-state index in [2.05, 4.69) is 15.3 Å². The quantitative estimate of drug-likeness (QED) is 0.836. The summed E-state index contributed by atoms with van der Waals surface area (Å²) in [5.41, 5.74) is 0.322. The molecule has 0 bridgehead atoms. The minimum absolute atomic E-state index is 0.193. The zero-order chi connectivity index (χ0) is 13.3. The van der Waals surface area contributed by atoms with E-state index < -0.39 is 11.7 Å². The molecule has 1 aliphatic carbocycles. The molecule has 0 saturated heterocycles. The molecule has 1 saturated carbocycles. The third-order valence-electron chi connectivity index (χ3n) is 2.32. The van der Waals surface area contributed by atoms with E-state index in [4.69, 9.17) is 16.3 Å². The van der Waals surface area contributed by atoms with E-state index >= 15 is 0 Å². The van der Waals surface area contributed by atoms with Crippen LogP contribution in [-0.4, -0.2) is 21.7 Å². The van der Waals surface area contributed by atoms with E-state index in [9.17, 15) is 4.79 Å². The molecular weight excluding hydrogens is 254 g/mol. The summed E-state index contributed by atoms with van der Waals surface area (Å²) in [7, 11) is 0. The van der Waals surface area contributed by atoms with Crippen molar-refractivity contribution in [1.29, 1.82) is 0 Å². The molecule has 5 nitrogen and oxygen atoms in total. The fourth-order valence-electron chi connectivity index (χ4n) is 1.47. The van der Waals surface area contributed by atoms with Crippen molar-refractivity contribution in [3.63, 3.8) is 0 Å². The number of amides is 1. The normalized spacial score (nSPS) is 15.3. The summed E-state index contributed by atoms with van der Waals surface area (Å²) < 4.78 is 5.12. The highest BCUT2D eigenvalue weighted by Gasteiger charge is 2.26. The fraction of sp³-hybridized carbons (Fsp3) is 0.583. The van der Waals surface area contributed by atoms with Crippen molar-refractivity contribution in [1.82, 2.24) is 9.97 Å². The molecule has 0 spiro atoms. The average Bonchev–Trinajstić information content (AvgIpc) is 2.95. The molecule has 1 fully saturated rings. The predicted molar refractivity (Wildman–Crippen MR) is 68.9 cm³/mol. The topological polar surface area (TPSA) is 64.1 Å². The SMILES string of the molecule is CC(C)(C)OC(=O)Nc1nc(Cl)cc(C2CC2)n1. The molecule has 1 aromatic heterocycles. The number of nitrogens with one attached hydrogen (secondary N) is 1. The van der Waals surface area contributed by atoms with Crippen molar-refractivity contribution in [2.24, 2.45) is 0 Å². The molecular formula is C12H16ClN3O2. The highest BCUT2D eigenvalue weighted by molar-refractivity contribution is 6.29. The first-order chi connectivity index (χ1) is 8.33. The van der Waals surface area contributed by atoms with Gasteiger partial charge >= 0.3 is 6.09 Å². The Kier molecular flexibility index (Phi) is 3.43. The van der Waals surface area contributed by atoms with E-state index in [0.717, 1.165) is 18.5 Å². The third kappa shape index (κ3) is 3.84. The van der Waals surface area contributed by atoms with E-state index in [1.54, 1.807) is 26.8 Å². The summed E-state index contributed by atoms with van der Waals surface area (Å²) in [6.07, 6.45) is 1.64. The van der Waals surface area contributed by atoms with E-state index in [1.165, 1.54) is 0 Å². The second kappa shape index (κ2) is 4.72. The lowest BCUT2D eigenvalue weighted by Gasteiger charge is -2.19. The lowest BCUT2D eigenvalue weighted by molar-refractivity contribution is 0.0634. The summed E-state index contributed by atoms with van der Waals surface area (Å²) in [4.78, 5) is 19.8. The predicted octanol–water partition coefficient (Wildman–Crippen LogP) is 3.35. The fourth-order valence-corrected chi connectivity index (χ4v) is 1.67. The van der Waals surface area contributed by atoms with Gasteiger partial charge in [0.2, 0.25) is 5.95 Å². The lowest BCUT2D eigenvalue weighted by atomic mass is 10.2. The van der Waals surface area contributed by atoms with Gasteiger partial charge in [0.25, 0.3) is 0 Å². The molecule has 0 unspecified atom stereocenters. The number of aromatic nitrogens is 2. The first-order valence-electron chi connectivity index (χ1n) is 5.88. The first-order valence-corrected chi connectivity index (χ1v) is 6.26. The second-order valence-corrected chi connectivity index (χ2v) is 5.73. The van der Waals surface area contributed by atoms with Crippen LogP contribution in [0.4, 0.5) is 10.7 Å². The summed E-state index contributed by atoms with van der Waals surface area (Å²) in [5.74, 6) is 0.642. The van der Waals surface area contributed by atoms with Gasteiger partial charge in [0.15, 0.2) is 0 Å². The van der Waals surface area contributed by atoms with Gasteiger partial charge in [0.05, 0.1) is 5.69 Å². The van der Waals surface area contributed by atoms with Crippen molar-refractivity contribution in [2.75, 3.05) is 5.32 Å². The second-order valence-electron chi connectivity index (χ2n) is 5.34. The highest BCUT2D eigenvalue weighted by Crippen LogP contribution is 2.39. The van der Waals surface area contributed by atoms with Crippen molar-refractivity contribution < 1.29 is 9.53 Å². The number of nitrogens with zero attached hydrogens (tertiary/aromatic N) is 2. The van der Waals surface area contributed by atoms with E-state index in [-0.39, 0.29) is 5.95 Å². The summed E-state index contributed by atoms with van der Waals surface area (Å²) >= 11 is 5.90. The molecule has 1 N–H and O–H groups in total. The molecule has 0 atom stereocenters. The molecule has 0 aromatic carbocycles. The minimum Gasteiger partial charge on any atom is -0.444 e. The third-order valence-corrected chi connectivity index (χ3v) is 2.52. The van der Waals surface area contributed by atoms with Gasteiger partial charge < -0.3 is 4.74 Å². The van der Waals surface area contributed by atoms with Crippen LogP contribution in [0.15, 0.2) is 6.07 Å². The largest absolute Gasteiger partial charge is 0.444 e. The number of carbonyl (C=O) groups excluding carboxylic acids is 1. The van der Waals surface area contributed by atoms with Gasteiger partial charge in [-0.1, -0.05) is 11.6 Å². The average molecular weight is 270 g/mol. The molecule has 1 aliphatic rings. The monoisotopic (exact) mass is 269 g/mol. The maximum atomic E-state index is 11.6. The number of carbonyl (C=O) groups is 1. The minimum atomic E-state index is -0.577. The maximum absolute atomic E-state index is 11.6. The lowest BCUT2D eigenvalue weighted by Crippen LogP contribution is -2.27. The summed E-state index contributed by atoms with van der Waals surface area (Å²) in [6, 6.07) is 1.74. The molecule has 6 heteroatoms. The standard InChI is InChI=1S/C12H16ClN3O2/c1-12(2,3)18-11(17)16-10-14-8(7-4-5-7)6-9(13)15-10/h6-7H,4-5H2,1-3H3,(H,14,15,16,17). The smallest absolute Gasteiger partial charge is 0.414 e. The van der Waals surface area contributed by atoms with Crippen LogP contribution in [-0.2, 0) is 4.74 Å². The Labute approximate surface area is 111 Å². The summed E-state index contributed by atoms with van der Waals surface area (Å²) in [6.45, 7) is 5.38. The Bertz CT molecular complexity index is 467. The maximum Gasteiger partial charge on any atom is 0.414 e. The van der Waals surface area contributed by atoms with Crippen LogP contribution in [0.2, 0.25) is 5.15 Å². The first kappa shape index (κ1) is 13.1. The molecule has 2 rings (SSSR count). The zero-order valence-corrected chi connectivity index (χ0v) is 11.4. The molecule has 18 heavy (non-hydrogen) atoms. The molecule has 0 aliphatic heterocycles. The number of hydrogen-bond donors (Lipinski definition) is 1.